The molecule has 0 aromatic heterocycles. The number of hydrogen-bond donors (Lipinski definition) is 1. The zero-order valence-electron chi connectivity index (χ0n) is 8.13. The lowest BCUT2D eigenvalue weighted by Crippen LogP contribution is -2.38. The van der Waals surface area contributed by atoms with Crippen molar-refractivity contribution in [1.82, 2.24) is 0 Å². The van der Waals surface area contributed by atoms with Crippen molar-refractivity contribution < 1.29 is 9.47 Å². The van der Waals surface area contributed by atoms with Gasteiger partial charge in [0.1, 0.15) is 0 Å². The zero-order valence-corrected chi connectivity index (χ0v) is 8.13. The molecule has 2 unspecified atom stereocenters. The van der Waals surface area contributed by atoms with Crippen LogP contribution in [0.5, 0.6) is 0 Å². The second-order valence-corrected chi connectivity index (χ2v) is 4.20. The molecule has 2 saturated heterocycles. The minimum atomic E-state index is 0.0675. The highest BCUT2D eigenvalue weighted by molar-refractivity contribution is 4.90. The fraction of sp³-hybridized carbons (Fsp3) is 1.00. The molecule has 2 fully saturated rings. The second-order valence-electron chi connectivity index (χ2n) is 4.20. The van der Waals surface area contributed by atoms with Gasteiger partial charge < -0.3 is 15.2 Å². The molecule has 0 aliphatic carbocycles. The number of ether oxygens (including phenoxy) is 2. The molecule has 3 heteroatoms. The first-order valence-electron chi connectivity index (χ1n) is 5.30. The van der Waals surface area contributed by atoms with Gasteiger partial charge in [0, 0.05) is 6.61 Å². The van der Waals surface area contributed by atoms with Crippen molar-refractivity contribution in [2.24, 2.45) is 5.73 Å². The summed E-state index contributed by atoms with van der Waals surface area (Å²) in [6.45, 7) is 2.45. The highest BCUT2D eigenvalue weighted by atomic mass is 16.6. The van der Waals surface area contributed by atoms with Crippen molar-refractivity contribution in [2.45, 2.75) is 43.8 Å². The molecule has 0 bridgehead atoms. The first kappa shape index (κ1) is 9.44. The Kier molecular flexibility index (Phi) is 2.86. The van der Waals surface area contributed by atoms with Crippen LogP contribution >= 0.6 is 0 Å². The second kappa shape index (κ2) is 3.95. The average Bonchev–Trinajstić information content (AvgIpc) is 2.51. The van der Waals surface area contributed by atoms with Crippen LogP contribution in [0.2, 0.25) is 0 Å². The van der Waals surface area contributed by atoms with Gasteiger partial charge in [-0.25, -0.2) is 0 Å². The van der Waals surface area contributed by atoms with Crippen molar-refractivity contribution in [3.8, 4) is 0 Å². The van der Waals surface area contributed by atoms with Crippen LogP contribution in [0.15, 0.2) is 0 Å². The van der Waals surface area contributed by atoms with Crippen molar-refractivity contribution in [1.29, 1.82) is 0 Å². The number of rotatable bonds is 2. The molecule has 0 radical (unpaired) electrons. The van der Waals surface area contributed by atoms with Crippen LogP contribution in [0.3, 0.4) is 0 Å². The maximum absolute atomic E-state index is 6.03. The summed E-state index contributed by atoms with van der Waals surface area (Å²) in [5.41, 5.74) is 5.58. The third-order valence-electron chi connectivity index (χ3n) is 3.11. The Hall–Kier alpha value is -0.120. The Morgan fingerprint density at radius 3 is 3.00 bits per heavy atom. The summed E-state index contributed by atoms with van der Waals surface area (Å²) >= 11 is 0. The summed E-state index contributed by atoms with van der Waals surface area (Å²) in [6, 6.07) is 0. The minimum absolute atomic E-state index is 0.0675. The molecule has 0 aromatic carbocycles. The van der Waals surface area contributed by atoms with E-state index in [1.54, 1.807) is 0 Å². The van der Waals surface area contributed by atoms with E-state index in [2.05, 4.69) is 0 Å². The van der Waals surface area contributed by atoms with E-state index in [1.165, 1.54) is 12.8 Å². The van der Waals surface area contributed by atoms with Gasteiger partial charge in [-0.3, -0.25) is 0 Å². The quantitative estimate of drug-likeness (QED) is 0.699. The van der Waals surface area contributed by atoms with Gasteiger partial charge in [-0.15, -0.1) is 0 Å². The highest BCUT2D eigenvalue weighted by Crippen LogP contribution is 2.37. The van der Waals surface area contributed by atoms with Crippen LogP contribution < -0.4 is 5.73 Å². The first-order chi connectivity index (χ1) is 6.35. The smallest absolute Gasteiger partial charge is 0.0920 e. The molecule has 1 spiro atoms. The van der Waals surface area contributed by atoms with Gasteiger partial charge in [0.25, 0.3) is 0 Å². The minimum Gasteiger partial charge on any atom is -0.378 e. The first-order valence-corrected chi connectivity index (χ1v) is 5.30. The summed E-state index contributed by atoms with van der Waals surface area (Å²) in [5.74, 6) is 0. The number of nitrogens with two attached hydrogens (primary N) is 1. The third kappa shape index (κ3) is 2.03. The standard InChI is InChI=1S/C10H19NO2/c11-6-3-9-2-5-10(13-9)4-1-7-12-8-10/h9H,1-8,11H2. The Balaban J connectivity index is 1.87. The molecule has 3 nitrogen and oxygen atoms in total. The summed E-state index contributed by atoms with van der Waals surface area (Å²) in [7, 11) is 0. The molecule has 13 heavy (non-hydrogen) atoms. The SMILES string of the molecule is NCCC1CCC2(CCCOC2)O1. The molecule has 0 amide bonds. The molecular formula is C10H19NO2. The predicted molar refractivity (Wildman–Crippen MR) is 50.6 cm³/mol. The van der Waals surface area contributed by atoms with E-state index in [-0.39, 0.29) is 5.60 Å². The normalized spacial score (nSPS) is 39.9. The van der Waals surface area contributed by atoms with Gasteiger partial charge in [-0.1, -0.05) is 0 Å². The molecule has 2 aliphatic rings. The largest absolute Gasteiger partial charge is 0.378 e. The Morgan fingerprint density at radius 2 is 2.31 bits per heavy atom. The van der Waals surface area contributed by atoms with E-state index in [4.69, 9.17) is 15.2 Å². The monoisotopic (exact) mass is 185 g/mol. The maximum atomic E-state index is 6.03. The Labute approximate surface area is 79.6 Å². The maximum Gasteiger partial charge on any atom is 0.0920 e. The molecule has 2 N–H and O–H groups in total. The van der Waals surface area contributed by atoms with Gasteiger partial charge >= 0.3 is 0 Å². The van der Waals surface area contributed by atoms with E-state index in [0.29, 0.717) is 6.10 Å². The lowest BCUT2D eigenvalue weighted by Gasteiger charge is -2.33. The van der Waals surface area contributed by atoms with Gasteiger partial charge in [-0.2, -0.15) is 0 Å². The van der Waals surface area contributed by atoms with E-state index < -0.39 is 0 Å². The number of hydrogen-bond acceptors (Lipinski definition) is 3. The molecule has 76 valence electrons. The van der Waals surface area contributed by atoms with Gasteiger partial charge in [-0.05, 0) is 38.6 Å². The third-order valence-corrected chi connectivity index (χ3v) is 3.11. The lowest BCUT2D eigenvalue weighted by atomic mass is 9.93. The van der Waals surface area contributed by atoms with E-state index in [9.17, 15) is 0 Å². The molecule has 0 saturated carbocycles. The van der Waals surface area contributed by atoms with E-state index in [1.807, 2.05) is 0 Å². The van der Waals surface area contributed by atoms with Crippen molar-refractivity contribution in [3.05, 3.63) is 0 Å². The molecule has 0 aromatic rings. The zero-order chi connectivity index (χ0) is 9.15. The Bertz CT molecular complexity index is 166. The van der Waals surface area contributed by atoms with Crippen LogP contribution in [0.1, 0.15) is 32.1 Å². The van der Waals surface area contributed by atoms with Gasteiger partial charge in [0.15, 0.2) is 0 Å². The van der Waals surface area contributed by atoms with Crippen LogP contribution in [0, 0.1) is 0 Å². The van der Waals surface area contributed by atoms with Crippen molar-refractivity contribution >= 4 is 0 Å². The molecular weight excluding hydrogens is 166 g/mol. The van der Waals surface area contributed by atoms with Crippen LogP contribution in [-0.2, 0) is 9.47 Å². The summed E-state index contributed by atoms with van der Waals surface area (Å²) in [4.78, 5) is 0. The van der Waals surface area contributed by atoms with Gasteiger partial charge in [0.05, 0.1) is 18.3 Å². The van der Waals surface area contributed by atoms with Crippen molar-refractivity contribution in [2.75, 3.05) is 19.8 Å². The lowest BCUT2D eigenvalue weighted by molar-refractivity contribution is -0.121. The van der Waals surface area contributed by atoms with Crippen LogP contribution in [-0.4, -0.2) is 31.5 Å². The molecule has 2 atom stereocenters. The average molecular weight is 185 g/mol. The van der Waals surface area contributed by atoms with E-state index in [0.717, 1.165) is 39.0 Å². The summed E-state index contributed by atoms with van der Waals surface area (Å²) in [5, 5.41) is 0. The van der Waals surface area contributed by atoms with Crippen LogP contribution in [0.4, 0.5) is 0 Å². The molecule has 2 aliphatic heterocycles. The van der Waals surface area contributed by atoms with Crippen LogP contribution in [0.25, 0.3) is 0 Å². The fourth-order valence-corrected chi connectivity index (χ4v) is 2.40. The predicted octanol–water partition coefficient (Wildman–Crippen LogP) is 1.06. The summed E-state index contributed by atoms with van der Waals surface area (Å²) in [6.07, 6.45) is 6.05. The topological polar surface area (TPSA) is 44.5 Å². The highest BCUT2D eigenvalue weighted by Gasteiger charge is 2.41. The molecule has 2 heterocycles. The fourth-order valence-electron chi connectivity index (χ4n) is 2.40. The van der Waals surface area contributed by atoms with E-state index >= 15 is 0 Å². The Morgan fingerprint density at radius 1 is 1.38 bits per heavy atom. The van der Waals surface area contributed by atoms with Gasteiger partial charge in [0.2, 0.25) is 0 Å². The summed E-state index contributed by atoms with van der Waals surface area (Å²) < 4.78 is 11.5. The molecule has 2 rings (SSSR count). The van der Waals surface area contributed by atoms with Crippen molar-refractivity contribution in [3.63, 3.8) is 0 Å².